The van der Waals surface area contributed by atoms with Gasteiger partial charge >= 0.3 is 0 Å². The second-order valence-electron chi connectivity index (χ2n) is 6.67. The van der Waals surface area contributed by atoms with Gasteiger partial charge in [-0.3, -0.25) is 9.36 Å². The van der Waals surface area contributed by atoms with Gasteiger partial charge in [0.15, 0.2) is 11.0 Å². The van der Waals surface area contributed by atoms with Gasteiger partial charge in [-0.2, -0.15) is 0 Å². The molecule has 2 aromatic carbocycles. The summed E-state index contributed by atoms with van der Waals surface area (Å²) in [4.78, 5) is 12.8. The number of hydrogen-bond acceptors (Lipinski definition) is 5. The van der Waals surface area contributed by atoms with Crippen molar-refractivity contribution < 1.29 is 9.53 Å². The van der Waals surface area contributed by atoms with Crippen LogP contribution in [0.3, 0.4) is 0 Å². The lowest BCUT2D eigenvalue weighted by Crippen LogP contribution is -2.23. The number of amides is 1. The van der Waals surface area contributed by atoms with Crippen LogP contribution in [-0.2, 0) is 11.3 Å². The first kappa shape index (κ1) is 21.9. The van der Waals surface area contributed by atoms with Crippen molar-refractivity contribution in [2.45, 2.75) is 30.8 Å². The third-order valence-corrected chi connectivity index (χ3v) is 5.73. The molecule has 1 aromatic heterocycles. The molecule has 1 N–H and O–H groups in total. The SMILES string of the molecule is C=CCn1c(SC(C)C(=O)Nc2cc(C)ccc2OC)nnc1-c1ccc(Cl)cc1. The number of rotatable bonds is 8. The Kier molecular flexibility index (Phi) is 7.18. The first-order valence-corrected chi connectivity index (χ1v) is 10.6. The number of nitrogens with zero attached hydrogens (tertiary/aromatic N) is 3. The lowest BCUT2D eigenvalue weighted by atomic mass is 10.2. The van der Waals surface area contributed by atoms with Crippen LogP contribution in [0.4, 0.5) is 5.69 Å². The minimum atomic E-state index is -0.402. The highest BCUT2D eigenvalue weighted by Gasteiger charge is 2.21. The van der Waals surface area contributed by atoms with E-state index in [1.54, 1.807) is 13.2 Å². The molecule has 0 radical (unpaired) electrons. The quantitative estimate of drug-likeness (QED) is 0.382. The molecule has 1 heterocycles. The van der Waals surface area contributed by atoms with Crippen molar-refractivity contribution in [3.05, 3.63) is 65.7 Å². The molecule has 0 fully saturated rings. The predicted molar refractivity (Wildman–Crippen MR) is 122 cm³/mol. The van der Waals surface area contributed by atoms with Crippen LogP contribution in [0.2, 0.25) is 5.02 Å². The molecule has 8 heteroatoms. The van der Waals surface area contributed by atoms with E-state index in [0.717, 1.165) is 11.1 Å². The highest BCUT2D eigenvalue weighted by atomic mass is 35.5. The number of ether oxygens (including phenoxy) is 1. The number of aryl methyl sites for hydroxylation is 1. The Morgan fingerprint density at radius 3 is 2.70 bits per heavy atom. The van der Waals surface area contributed by atoms with Gasteiger partial charge in [0.05, 0.1) is 18.0 Å². The van der Waals surface area contributed by atoms with Gasteiger partial charge in [-0.05, 0) is 55.8 Å². The van der Waals surface area contributed by atoms with E-state index >= 15 is 0 Å². The zero-order valence-corrected chi connectivity index (χ0v) is 18.6. The van der Waals surface area contributed by atoms with Gasteiger partial charge in [-0.25, -0.2) is 0 Å². The number of carbonyl (C=O) groups is 1. The topological polar surface area (TPSA) is 69.0 Å². The van der Waals surface area contributed by atoms with Gasteiger partial charge in [0.25, 0.3) is 0 Å². The fraction of sp³-hybridized carbons (Fsp3) is 0.227. The van der Waals surface area contributed by atoms with Gasteiger partial charge in [-0.15, -0.1) is 16.8 Å². The average molecular weight is 443 g/mol. The van der Waals surface area contributed by atoms with Crippen LogP contribution in [0.25, 0.3) is 11.4 Å². The molecule has 0 bridgehead atoms. The summed E-state index contributed by atoms with van der Waals surface area (Å²) in [6.45, 7) is 8.14. The van der Waals surface area contributed by atoms with E-state index in [1.165, 1.54) is 11.8 Å². The van der Waals surface area contributed by atoms with E-state index in [2.05, 4.69) is 22.1 Å². The van der Waals surface area contributed by atoms with Crippen LogP contribution in [0.15, 0.2) is 60.3 Å². The first-order chi connectivity index (χ1) is 14.4. The van der Waals surface area contributed by atoms with Crippen LogP contribution < -0.4 is 10.1 Å². The molecule has 30 heavy (non-hydrogen) atoms. The Hall–Kier alpha value is -2.77. The van der Waals surface area contributed by atoms with Crippen LogP contribution >= 0.6 is 23.4 Å². The molecule has 0 aliphatic heterocycles. The maximum atomic E-state index is 12.8. The number of allylic oxidation sites excluding steroid dienone is 1. The van der Waals surface area contributed by atoms with Crippen LogP contribution in [0.1, 0.15) is 12.5 Å². The number of carbonyl (C=O) groups excluding carboxylic acids is 1. The predicted octanol–water partition coefficient (Wildman–Crippen LogP) is 5.22. The number of anilines is 1. The van der Waals surface area contributed by atoms with Gasteiger partial charge in [0.1, 0.15) is 5.75 Å². The van der Waals surface area contributed by atoms with Crippen molar-refractivity contribution >= 4 is 35.0 Å². The van der Waals surface area contributed by atoms with E-state index in [4.69, 9.17) is 16.3 Å². The average Bonchev–Trinajstić information content (AvgIpc) is 3.11. The number of methoxy groups -OCH3 is 1. The Labute approximate surface area is 185 Å². The van der Waals surface area contributed by atoms with E-state index in [0.29, 0.717) is 34.0 Å². The molecule has 0 saturated heterocycles. The number of thioether (sulfide) groups is 1. The lowest BCUT2D eigenvalue weighted by Gasteiger charge is -2.15. The summed E-state index contributed by atoms with van der Waals surface area (Å²) in [6, 6.07) is 13.0. The molecule has 1 atom stereocenters. The number of halogens is 1. The summed E-state index contributed by atoms with van der Waals surface area (Å²) in [6.07, 6.45) is 1.77. The molecule has 0 spiro atoms. The summed E-state index contributed by atoms with van der Waals surface area (Å²) in [7, 11) is 1.58. The largest absolute Gasteiger partial charge is 0.495 e. The highest BCUT2D eigenvalue weighted by molar-refractivity contribution is 8.00. The standard InChI is InChI=1S/C22H23ClN4O2S/c1-5-12-27-20(16-7-9-17(23)10-8-16)25-26-22(27)30-15(3)21(28)24-18-13-14(2)6-11-19(18)29-4/h5-11,13,15H,1,12H2,2-4H3,(H,24,28). The Morgan fingerprint density at radius 1 is 1.30 bits per heavy atom. The molecule has 0 aliphatic carbocycles. The molecule has 3 rings (SSSR count). The number of nitrogens with one attached hydrogen (secondary N) is 1. The molecule has 1 amide bonds. The maximum absolute atomic E-state index is 12.8. The molecule has 1 unspecified atom stereocenters. The fourth-order valence-electron chi connectivity index (χ4n) is 2.85. The molecular formula is C22H23ClN4O2S. The van der Waals surface area contributed by atoms with Crippen molar-refractivity contribution in [2.24, 2.45) is 0 Å². The number of benzene rings is 2. The summed E-state index contributed by atoms with van der Waals surface area (Å²) in [5.41, 5.74) is 2.57. The maximum Gasteiger partial charge on any atom is 0.237 e. The molecule has 0 saturated carbocycles. The summed E-state index contributed by atoms with van der Waals surface area (Å²) < 4.78 is 7.27. The third-order valence-electron chi connectivity index (χ3n) is 4.40. The molecule has 6 nitrogen and oxygen atoms in total. The third kappa shape index (κ3) is 5.04. The lowest BCUT2D eigenvalue weighted by molar-refractivity contribution is -0.115. The van der Waals surface area contributed by atoms with E-state index in [1.807, 2.05) is 60.9 Å². The van der Waals surface area contributed by atoms with Crippen LogP contribution in [0, 0.1) is 6.92 Å². The normalized spacial score (nSPS) is 11.7. The van der Waals surface area contributed by atoms with Gasteiger partial charge in [0, 0.05) is 17.1 Å². The fourth-order valence-corrected chi connectivity index (χ4v) is 3.83. The van der Waals surface area contributed by atoms with E-state index in [-0.39, 0.29) is 5.91 Å². The summed E-state index contributed by atoms with van der Waals surface area (Å²) in [5.74, 6) is 1.16. The summed E-state index contributed by atoms with van der Waals surface area (Å²) >= 11 is 7.33. The van der Waals surface area contributed by atoms with Crippen molar-refractivity contribution in [3.63, 3.8) is 0 Å². The van der Waals surface area contributed by atoms with Crippen molar-refractivity contribution in [3.8, 4) is 17.1 Å². The number of aromatic nitrogens is 3. The number of hydrogen-bond donors (Lipinski definition) is 1. The molecule has 3 aromatic rings. The van der Waals surface area contributed by atoms with Gasteiger partial charge in [0.2, 0.25) is 5.91 Å². The van der Waals surface area contributed by atoms with Crippen LogP contribution in [-0.4, -0.2) is 33.0 Å². The van der Waals surface area contributed by atoms with Gasteiger partial charge in [-0.1, -0.05) is 35.5 Å². The smallest absolute Gasteiger partial charge is 0.237 e. The van der Waals surface area contributed by atoms with Crippen LogP contribution in [0.5, 0.6) is 5.75 Å². The monoisotopic (exact) mass is 442 g/mol. The molecular weight excluding hydrogens is 420 g/mol. The molecule has 156 valence electrons. The zero-order valence-electron chi connectivity index (χ0n) is 17.1. The zero-order chi connectivity index (χ0) is 21.7. The highest BCUT2D eigenvalue weighted by Crippen LogP contribution is 2.30. The van der Waals surface area contributed by atoms with E-state index < -0.39 is 5.25 Å². The van der Waals surface area contributed by atoms with Crippen molar-refractivity contribution in [2.75, 3.05) is 12.4 Å². The second kappa shape index (κ2) is 9.82. The Morgan fingerprint density at radius 2 is 2.03 bits per heavy atom. The summed E-state index contributed by atoms with van der Waals surface area (Å²) in [5, 5.41) is 12.5. The second-order valence-corrected chi connectivity index (χ2v) is 8.41. The van der Waals surface area contributed by atoms with Crippen molar-refractivity contribution in [1.29, 1.82) is 0 Å². The minimum absolute atomic E-state index is 0.148. The Bertz CT molecular complexity index is 1050. The van der Waals surface area contributed by atoms with Crippen molar-refractivity contribution in [1.82, 2.24) is 14.8 Å². The Balaban J connectivity index is 1.80. The van der Waals surface area contributed by atoms with Gasteiger partial charge < -0.3 is 10.1 Å². The first-order valence-electron chi connectivity index (χ1n) is 9.35. The van der Waals surface area contributed by atoms with E-state index in [9.17, 15) is 4.79 Å². The minimum Gasteiger partial charge on any atom is -0.495 e. The molecule has 0 aliphatic rings.